The monoisotopic (exact) mass is 495 g/mol. The van der Waals surface area contributed by atoms with E-state index in [1.807, 2.05) is 18.9 Å². The molecular formula is C25H30FN7O3. The SMILES string of the molecule is COc1ncc(-c2ccc(-c3ncc(N(C)[C@H]4C[C@]5(C)CC[C@@](C)(N5)[C@H]4F)nn3)c(O)c2)nc1OC. The van der Waals surface area contributed by atoms with Crippen LogP contribution in [0, 0.1) is 0 Å². The minimum absolute atomic E-state index is 0.0356. The summed E-state index contributed by atoms with van der Waals surface area (Å²) in [5.41, 5.74) is 0.911. The summed E-state index contributed by atoms with van der Waals surface area (Å²) in [6.45, 7) is 4.11. The normalized spacial score (nSPS) is 27.1. The number of phenolic OH excluding ortho intramolecular Hbond substituents is 1. The third-order valence-corrected chi connectivity index (χ3v) is 7.43. The number of hydrogen-bond donors (Lipinski definition) is 2. The number of methoxy groups -OCH3 is 2. The summed E-state index contributed by atoms with van der Waals surface area (Å²) >= 11 is 0. The Bertz CT molecular complexity index is 1280. The second kappa shape index (κ2) is 8.81. The van der Waals surface area contributed by atoms with E-state index in [2.05, 4.69) is 37.4 Å². The molecule has 0 unspecified atom stereocenters. The molecule has 4 atom stereocenters. The first kappa shape index (κ1) is 24.1. The van der Waals surface area contributed by atoms with E-state index in [-0.39, 0.29) is 34.9 Å². The second-order valence-corrected chi connectivity index (χ2v) is 10.0. The van der Waals surface area contributed by atoms with Gasteiger partial charge in [0.2, 0.25) is 0 Å². The van der Waals surface area contributed by atoms with Crippen LogP contribution in [-0.4, -0.2) is 74.8 Å². The van der Waals surface area contributed by atoms with Crippen LogP contribution in [-0.2, 0) is 0 Å². The van der Waals surface area contributed by atoms with Crippen molar-refractivity contribution in [3.05, 3.63) is 30.6 Å². The van der Waals surface area contributed by atoms with Crippen LogP contribution in [0.5, 0.6) is 17.5 Å². The highest BCUT2D eigenvalue weighted by Crippen LogP contribution is 2.45. The Morgan fingerprint density at radius 1 is 1.08 bits per heavy atom. The van der Waals surface area contributed by atoms with E-state index in [0.29, 0.717) is 29.1 Å². The van der Waals surface area contributed by atoms with Gasteiger partial charge in [-0.25, -0.2) is 19.3 Å². The maximum atomic E-state index is 15.5. The van der Waals surface area contributed by atoms with Crippen molar-refractivity contribution >= 4 is 5.82 Å². The summed E-state index contributed by atoms with van der Waals surface area (Å²) in [6.07, 6.45) is 4.48. The molecule has 2 saturated heterocycles. The highest BCUT2D eigenvalue weighted by atomic mass is 19.1. The number of halogens is 1. The van der Waals surface area contributed by atoms with Crippen molar-refractivity contribution in [1.29, 1.82) is 0 Å². The minimum Gasteiger partial charge on any atom is -0.507 e. The van der Waals surface area contributed by atoms with Gasteiger partial charge in [-0.2, -0.15) is 0 Å². The van der Waals surface area contributed by atoms with Crippen molar-refractivity contribution in [2.24, 2.45) is 0 Å². The van der Waals surface area contributed by atoms with Crippen LogP contribution in [0.2, 0.25) is 0 Å². The van der Waals surface area contributed by atoms with E-state index in [4.69, 9.17) is 9.47 Å². The van der Waals surface area contributed by atoms with Gasteiger partial charge in [-0.15, -0.1) is 10.2 Å². The zero-order valence-electron chi connectivity index (χ0n) is 21.0. The maximum Gasteiger partial charge on any atom is 0.278 e. The molecular weight excluding hydrogens is 465 g/mol. The summed E-state index contributed by atoms with van der Waals surface area (Å²) in [6, 6.07) is 4.68. The molecule has 5 rings (SSSR count). The van der Waals surface area contributed by atoms with Gasteiger partial charge < -0.3 is 24.8 Å². The molecule has 0 spiro atoms. The summed E-state index contributed by atoms with van der Waals surface area (Å²) in [4.78, 5) is 14.8. The molecule has 0 amide bonds. The quantitative estimate of drug-likeness (QED) is 0.528. The molecule has 2 aromatic heterocycles. The van der Waals surface area contributed by atoms with Gasteiger partial charge in [0.15, 0.2) is 11.6 Å². The zero-order valence-corrected chi connectivity index (χ0v) is 21.0. The first-order valence-electron chi connectivity index (χ1n) is 11.8. The predicted octanol–water partition coefficient (Wildman–Crippen LogP) is 3.17. The summed E-state index contributed by atoms with van der Waals surface area (Å²) in [5, 5.41) is 22.7. The Morgan fingerprint density at radius 2 is 1.86 bits per heavy atom. The molecule has 10 nitrogen and oxygen atoms in total. The number of hydrogen-bond acceptors (Lipinski definition) is 10. The fourth-order valence-corrected chi connectivity index (χ4v) is 5.41. The number of aromatic nitrogens is 5. The largest absolute Gasteiger partial charge is 0.507 e. The standard InChI is InChI=1S/C25H30FN7O3/c1-24-8-9-25(2,32-24)20(26)17(11-24)33(3)19-13-27-21(31-30-19)15-7-6-14(10-18(15)34)16-12-28-22(35-4)23(29-16)36-5/h6-7,10,12-13,17,20,32,34H,8-9,11H2,1-5H3/t17-,20-,24-,25+/m0/s1. The highest BCUT2D eigenvalue weighted by Gasteiger charge is 2.56. The Hall–Kier alpha value is -3.60. The van der Waals surface area contributed by atoms with E-state index < -0.39 is 11.7 Å². The number of aromatic hydroxyl groups is 1. The number of benzene rings is 1. The van der Waals surface area contributed by atoms with Crippen molar-refractivity contribution in [2.45, 2.75) is 56.4 Å². The fourth-order valence-electron chi connectivity index (χ4n) is 5.41. The van der Waals surface area contributed by atoms with E-state index in [1.54, 1.807) is 24.4 Å². The lowest BCUT2D eigenvalue weighted by atomic mass is 9.82. The summed E-state index contributed by atoms with van der Waals surface area (Å²) in [5.74, 6) is 1.22. The molecule has 36 heavy (non-hydrogen) atoms. The van der Waals surface area contributed by atoms with Crippen LogP contribution in [0.4, 0.5) is 10.2 Å². The van der Waals surface area contributed by atoms with Crippen LogP contribution in [0.3, 0.4) is 0 Å². The number of anilines is 1. The van der Waals surface area contributed by atoms with Gasteiger partial charge in [-0.3, -0.25) is 0 Å². The lowest BCUT2D eigenvalue weighted by Crippen LogP contribution is -2.65. The van der Waals surface area contributed by atoms with Crippen molar-refractivity contribution in [1.82, 2.24) is 30.5 Å². The van der Waals surface area contributed by atoms with Crippen molar-refractivity contribution in [3.8, 4) is 40.2 Å². The average Bonchev–Trinajstić information content (AvgIpc) is 3.17. The van der Waals surface area contributed by atoms with Gasteiger partial charge >= 0.3 is 0 Å². The third-order valence-electron chi connectivity index (χ3n) is 7.43. The zero-order chi connectivity index (χ0) is 25.7. The number of phenols is 1. The molecule has 3 aromatic rings. The summed E-state index contributed by atoms with van der Waals surface area (Å²) in [7, 11) is 4.79. The van der Waals surface area contributed by atoms with E-state index in [9.17, 15) is 5.11 Å². The van der Waals surface area contributed by atoms with Crippen LogP contribution in [0.25, 0.3) is 22.6 Å². The number of rotatable bonds is 6. The van der Waals surface area contributed by atoms with Gasteiger partial charge in [0.1, 0.15) is 11.9 Å². The minimum atomic E-state index is -1.05. The molecule has 2 N–H and O–H groups in total. The molecule has 4 heterocycles. The number of ether oxygens (including phenoxy) is 2. The maximum absolute atomic E-state index is 15.5. The number of nitrogens with zero attached hydrogens (tertiary/aromatic N) is 6. The van der Waals surface area contributed by atoms with E-state index in [0.717, 1.165) is 12.8 Å². The Balaban J connectivity index is 1.37. The lowest BCUT2D eigenvalue weighted by molar-refractivity contribution is 0.0859. The molecule has 2 fully saturated rings. The summed E-state index contributed by atoms with van der Waals surface area (Å²) < 4.78 is 25.8. The van der Waals surface area contributed by atoms with Crippen LogP contribution >= 0.6 is 0 Å². The highest BCUT2D eigenvalue weighted by molar-refractivity contribution is 5.71. The average molecular weight is 496 g/mol. The molecule has 2 aliphatic heterocycles. The fraction of sp³-hybridized carbons (Fsp3) is 0.480. The molecule has 1 aromatic carbocycles. The molecule has 2 aliphatic rings. The van der Waals surface area contributed by atoms with Crippen LogP contribution in [0.1, 0.15) is 33.1 Å². The van der Waals surface area contributed by atoms with Crippen molar-refractivity contribution in [3.63, 3.8) is 0 Å². The Morgan fingerprint density at radius 3 is 2.53 bits per heavy atom. The van der Waals surface area contributed by atoms with Gasteiger partial charge in [0, 0.05) is 23.7 Å². The van der Waals surface area contributed by atoms with Crippen LogP contribution < -0.4 is 19.7 Å². The molecule has 11 heteroatoms. The Labute approximate surface area is 208 Å². The molecule has 0 aliphatic carbocycles. The van der Waals surface area contributed by atoms with Crippen LogP contribution in [0.15, 0.2) is 30.6 Å². The Kier molecular flexibility index (Phi) is 5.90. The van der Waals surface area contributed by atoms with Gasteiger partial charge in [0.05, 0.1) is 43.9 Å². The third kappa shape index (κ3) is 4.06. The molecule has 0 radical (unpaired) electrons. The number of fused-ring (bicyclic) bond motifs is 2. The second-order valence-electron chi connectivity index (χ2n) is 10.0. The van der Waals surface area contributed by atoms with Crippen molar-refractivity contribution < 1.29 is 19.0 Å². The molecule has 2 bridgehead atoms. The van der Waals surface area contributed by atoms with Gasteiger partial charge in [0.25, 0.3) is 11.8 Å². The van der Waals surface area contributed by atoms with Crippen molar-refractivity contribution in [2.75, 3.05) is 26.2 Å². The van der Waals surface area contributed by atoms with E-state index in [1.165, 1.54) is 20.4 Å². The van der Waals surface area contributed by atoms with E-state index >= 15 is 4.39 Å². The smallest absolute Gasteiger partial charge is 0.278 e. The van der Waals surface area contributed by atoms with Gasteiger partial charge in [-0.05, 0) is 45.2 Å². The molecule has 190 valence electrons. The molecule has 0 saturated carbocycles. The first-order valence-corrected chi connectivity index (χ1v) is 11.8. The number of piperidine rings is 1. The lowest BCUT2D eigenvalue weighted by Gasteiger charge is -2.47. The number of nitrogens with one attached hydrogen (secondary N) is 1. The predicted molar refractivity (Wildman–Crippen MR) is 132 cm³/mol. The number of alkyl halides is 1. The first-order chi connectivity index (χ1) is 17.2. The van der Waals surface area contributed by atoms with Gasteiger partial charge in [-0.1, -0.05) is 6.07 Å². The topological polar surface area (TPSA) is 118 Å².